The van der Waals surface area contributed by atoms with E-state index in [1.54, 1.807) is 16.8 Å². The van der Waals surface area contributed by atoms with Crippen LogP contribution in [-0.2, 0) is 4.79 Å². The lowest BCUT2D eigenvalue weighted by molar-refractivity contribution is -0.116. The second kappa shape index (κ2) is 6.46. The number of nitrogens with zero attached hydrogens (tertiary/aromatic N) is 5. The fourth-order valence-corrected chi connectivity index (χ4v) is 2.55. The topological polar surface area (TPSA) is 97.1 Å². The zero-order chi connectivity index (χ0) is 17.2. The number of carbonyl (C=O) groups excluding carboxylic acids is 1. The Kier molecular flexibility index (Phi) is 4.01. The minimum atomic E-state index is -0.0899. The lowest BCUT2D eigenvalue weighted by Crippen LogP contribution is -2.17. The van der Waals surface area contributed by atoms with E-state index in [1.165, 1.54) is 0 Å². The molecule has 0 unspecified atom stereocenters. The summed E-state index contributed by atoms with van der Waals surface area (Å²) in [5, 5.41) is 18.8. The standard InChI is InChI=1S/C17H19N7O/c1-11-2-5-13(19-10-11)20-16(25)8-9-18-14-6-7-15-21-22-17(12-3-4-12)24(15)23-14/h2,5-7,10,12H,3-4,8-9H2,1H3,(H,18,23)(H,19,20,25). The molecule has 1 fully saturated rings. The van der Waals surface area contributed by atoms with Gasteiger partial charge in [-0.3, -0.25) is 4.79 Å². The van der Waals surface area contributed by atoms with Crippen molar-refractivity contribution in [3.05, 3.63) is 41.9 Å². The van der Waals surface area contributed by atoms with Gasteiger partial charge in [0.25, 0.3) is 0 Å². The third-order valence-corrected chi connectivity index (χ3v) is 4.07. The van der Waals surface area contributed by atoms with Crippen LogP contribution >= 0.6 is 0 Å². The molecule has 2 N–H and O–H groups in total. The van der Waals surface area contributed by atoms with Crippen molar-refractivity contribution in [1.82, 2.24) is 24.8 Å². The molecular weight excluding hydrogens is 318 g/mol. The van der Waals surface area contributed by atoms with E-state index in [2.05, 4.69) is 30.9 Å². The highest BCUT2D eigenvalue weighted by Crippen LogP contribution is 2.38. The summed E-state index contributed by atoms with van der Waals surface area (Å²) in [6.07, 6.45) is 4.34. The van der Waals surface area contributed by atoms with Crippen molar-refractivity contribution in [2.24, 2.45) is 0 Å². The maximum absolute atomic E-state index is 12.0. The van der Waals surface area contributed by atoms with Crippen molar-refractivity contribution in [2.75, 3.05) is 17.2 Å². The van der Waals surface area contributed by atoms with Gasteiger partial charge in [0.05, 0.1) is 0 Å². The molecule has 0 aliphatic heterocycles. The first-order valence-electron chi connectivity index (χ1n) is 8.38. The minimum Gasteiger partial charge on any atom is -0.368 e. The number of hydrogen-bond acceptors (Lipinski definition) is 6. The summed E-state index contributed by atoms with van der Waals surface area (Å²) in [7, 11) is 0. The van der Waals surface area contributed by atoms with Crippen LogP contribution < -0.4 is 10.6 Å². The van der Waals surface area contributed by atoms with Gasteiger partial charge >= 0.3 is 0 Å². The second-order valence-electron chi connectivity index (χ2n) is 6.27. The van der Waals surface area contributed by atoms with Gasteiger partial charge in [0.1, 0.15) is 11.6 Å². The summed E-state index contributed by atoms with van der Waals surface area (Å²) in [5.41, 5.74) is 1.80. The molecule has 3 heterocycles. The monoisotopic (exact) mass is 337 g/mol. The van der Waals surface area contributed by atoms with E-state index in [9.17, 15) is 4.79 Å². The molecule has 1 aliphatic carbocycles. The van der Waals surface area contributed by atoms with Crippen LogP contribution in [0.5, 0.6) is 0 Å². The van der Waals surface area contributed by atoms with Gasteiger partial charge in [0, 0.05) is 25.1 Å². The van der Waals surface area contributed by atoms with Gasteiger partial charge in [-0.15, -0.1) is 15.3 Å². The van der Waals surface area contributed by atoms with Crippen LogP contribution in [0.15, 0.2) is 30.5 Å². The molecule has 0 radical (unpaired) electrons. The molecule has 3 aromatic rings. The number of hydrogen-bond donors (Lipinski definition) is 2. The molecule has 1 aliphatic rings. The number of pyridine rings is 1. The Morgan fingerprint density at radius 3 is 2.80 bits per heavy atom. The number of amides is 1. The largest absolute Gasteiger partial charge is 0.368 e. The predicted molar refractivity (Wildman–Crippen MR) is 93.5 cm³/mol. The average Bonchev–Trinajstić information content (AvgIpc) is 3.36. The van der Waals surface area contributed by atoms with E-state index in [-0.39, 0.29) is 5.91 Å². The number of fused-ring (bicyclic) bond motifs is 1. The second-order valence-corrected chi connectivity index (χ2v) is 6.27. The van der Waals surface area contributed by atoms with Crippen LogP contribution in [0.3, 0.4) is 0 Å². The summed E-state index contributed by atoms with van der Waals surface area (Å²) < 4.78 is 1.79. The molecule has 0 spiro atoms. The first kappa shape index (κ1) is 15.5. The molecule has 128 valence electrons. The molecule has 0 atom stereocenters. The Bertz CT molecular complexity index is 899. The van der Waals surface area contributed by atoms with Crippen molar-refractivity contribution in [2.45, 2.75) is 32.1 Å². The third-order valence-electron chi connectivity index (χ3n) is 4.07. The highest BCUT2D eigenvalue weighted by molar-refractivity contribution is 5.90. The van der Waals surface area contributed by atoms with E-state index in [0.29, 0.717) is 30.5 Å². The first-order valence-corrected chi connectivity index (χ1v) is 8.38. The van der Waals surface area contributed by atoms with E-state index in [1.807, 2.05) is 25.1 Å². The molecule has 0 bridgehead atoms. The molecule has 8 nitrogen and oxygen atoms in total. The van der Waals surface area contributed by atoms with Crippen molar-refractivity contribution in [3.8, 4) is 0 Å². The summed E-state index contributed by atoms with van der Waals surface area (Å²) in [6, 6.07) is 7.43. The smallest absolute Gasteiger partial charge is 0.227 e. The zero-order valence-electron chi connectivity index (χ0n) is 13.9. The predicted octanol–water partition coefficient (Wildman–Crippen LogP) is 2.15. The van der Waals surface area contributed by atoms with Crippen LogP contribution in [0.25, 0.3) is 5.65 Å². The van der Waals surface area contributed by atoms with E-state index in [0.717, 1.165) is 29.9 Å². The van der Waals surface area contributed by atoms with Crippen molar-refractivity contribution < 1.29 is 4.79 Å². The Labute approximate surface area is 144 Å². The fraction of sp³-hybridized carbons (Fsp3) is 0.353. The zero-order valence-corrected chi connectivity index (χ0v) is 13.9. The number of aromatic nitrogens is 5. The normalized spacial score (nSPS) is 13.8. The van der Waals surface area contributed by atoms with Gasteiger partial charge < -0.3 is 10.6 Å². The highest BCUT2D eigenvalue weighted by Gasteiger charge is 2.29. The van der Waals surface area contributed by atoms with E-state index in [4.69, 9.17) is 0 Å². The summed E-state index contributed by atoms with van der Waals surface area (Å²) in [5.74, 6) is 2.57. The average molecular weight is 337 g/mol. The van der Waals surface area contributed by atoms with Crippen molar-refractivity contribution >= 4 is 23.2 Å². The minimum absolute atomic E-state index is 0.0899. The van der Waals surface area contributed by atoms with E-state index < -0.39 is 0 Å². The number of nitrogens with one attached hydrogen (secondary N) is 2. The van der Waals surface area contributed by atoms with Crippen LogP contribution in [0, 0.1) is 6.92 Å². The van der Waals surface area contributed by atoms with Crippen LogP contribution in [0.2, 0.25) is 0 Å². The molecule has 1 amide bonds. The lowest BCUT2D eigenvalue weighted by Gasteiger charge is -2.07. The van der Waals surface area contributed by atoms with Gasteiger partial charge in [-0.25, -0.2) is 4.98 Å². The number of carbonyl (C=O) groups is 1. The summed E-state index contributed by atoms with van der Waals surface area (Å²) in [4.78, 5) is 16.1. The van der Waals surface area contributed by atoms with Gasteiger partial charge in [-0.1, -0.05) is 6.07 Å². The highest BCUT2D eigenvalue weighted by atomic mass is 16.1. The maximum Gasteiger partial charge on any atom is 0.227 e. The molecule has 3 aromatic heterocycles. The molecule has 4 rings (SSSR count). The quantitative estimate of drug-likeness (QED) is 0.715. The number of rotatable bonds is 6. The van der Waals surface area contributed by atoms with Crippen LogP contribution in [0.4, 0.5) is 11.6 Å². The Morgan fingerprint density at radius 2 is 2.04 bits per heavy atom. The third kappa shape index (κ3) is 3.57. The van der Waals surface area contributed by atoms with Gasteiger partial charge in [-0.05, 0) is 43.5 Å². The molecule has 8 heteroatoms. The van der Waals surface area contributed by atoms with Crippen molar-refractivity contribution in [3.63, 3.8) is 0 Å². The van der Waals surface area contributed by atoms with Gasteiger partial charge in [0.2, 0.25) is 5.91 Å². The van der Waals surface area contributed by atoms with Gasteiger partial charge in [-0.2, -0.15) is 4.52 Å². The molecular formula is C17H19N7O. The Hall–Kier alpha value is -3.03. The lowest BCUT2D eigenvalue weighted by atomic mass is 10.3. The molecule has 0 aromatic carbocycles. The number of aryl methyl sites for hydroxylation is 1. The summed E-state index contributed by atoms with van der Waals surface area (Å²) in [6.45, 7) is 2.44. The fourth-order valence-electron chi connectivity index (χ4n) is 2.55. The first-order chi connectivity index (χ1) is 12.2. The number of anilines is 2. The molecule has 0 saturated heterocycles. The molecule has 1 saturated carbocycles. The van der Waals surface area contributed by atoms with Crippen molar-refractivity contribution in [1.29, 1.82) is 0 Å². The Morgan fingerprint density at radius 1 is 1.20 bits per heavy atom. The van der Waals surface area contributed by atoms with E-state index >= 15 is 0 Å². The Balaban J connectivity index is 1.33. The van der Waals surface area contributed by atoms with Gasteiger partial charge in [0.15, 0.2) is 11.5 Å². The maximum atomic E-state index is 12.0. The van der Waals surface area contributed by atoms with Crippen LogP contribution in [-0.4, -0.2) is 37.2 Å². The summed E-state index contributed by atoms with van der Waals surface area (Å²) >= 11 is 0. The molecule has 25 heavy (non-hydrogen) atoms. The SMILES string of the molecule is Cc1ccc(NC(=O)CCNc2ccc3nnc(C4CC4)n3n2)nc1. The van der Waals surface area contributed by atoms with Crippen LogP contribution in [0.1, 0.15) is 36.6 Å².